The third-order valence-corrected chi connectivity index (χ3v) is 4.20. The number of benzene rings is 2. The highest BCUT2D eigenvalue weighted by atomic mass is 19.3. The molecule has 23 heavy (non-hydrogen) atoms. The number of anilines is 1. The summed E-state index contributed by atoms with van der Waals surface area (Å²) >= 11 is 0. The van der Waals surface area contributed by atoms with Crippen LogP contribution < -0.4 is 4.90 Å². The Morgan fingerprint density at radius 2 is 2.00 bits per heavy atom. The van der Waals surface area contributed by atoms with E-state index in [-0.39, 0.29) is 17.4 Å². The third-order valence-electron chi connectivity index (χ3n) is 4.20. The summed E-state index contributed by atoms with van der Waals surface area (Å²) in [6.07, 6.45) is 1.27. The number of para-hydroxylation sites is 1. The standard InChI is InChI=1S/C19H17F2NO/c1-3-18(23)22-12-16(15-9-4-5-10-17(15)22)13-7-6-8-14(11-13)19(2,20)21/h3-11,16H,1,12H2,2H3. The minimum atomic E-state index is -2.88. The Balaban J connectivity index is 2.05. The molecular formula is C19H17F2NO. The molecule has 2 aromatic carbocycles. The minimum Gasteiger partial charge on any atom is -0.308 e. The molecule has 2 nitrogen and oxygen atoms in total. The molecule has 3 rings (SSSR count). The Bertz CT molecular complexity index is 764. The van der Waals surface area contributed by atoms with E-state index in [2.05, 4.69) is 6.58 Å². The number of nitrogens with zero attached hydrogens (tertiary/aromatic N) is 1. The molecule has 1 amide bonds. The van der Waals surface area contributed by atoms with Gasteiger partial charge in [0.25, 0.3) is 5.92 Å². The Kier molecular flexibility index (Phi) is 3.76. The predicted molar refractivity (Wildman–Crippen MR) is 86.8 cm³/mol. The van der Waals surface area contributed by atoms with E-state index in [1.807, 2.05) is 30.3 Å². The number of fused-ring (bicyclic) bond motifs is 1. The lowest BCUT2D eigenvalue weighted by Crippen LogP contribution is -2.28. The number of hydrogen-bond acceptors (Lipinski definition) is 1. The first-order valence-corrected chi connectivity index (χ1v) is 7.43. The number of rotatable bonds is 3. The van der Waals surface area contributed by atoms with Crippen molar-refractivity contribution in [1.82, 2.24) is 0 Å². The van der Waals surface area contributed by atoms with Gasteiger partial charge in [0.15, 0.2) is 0 Å². The van der Waals surface area contributed by atoms with Gasteiger partial charge < -0.3 is 4.90 Å². The van der Waals surface area contributed by atoms with Crippen LogP contribution in [0.4, 0.5) is 14.5 Å². The Hall–Kier alpha value is -2.49. The van der Waals surface area contributed by atoms with E-state index in [4.69, 9.17) is 0 Å². The normalized spacial score (nSPS) is 17.0. The van der Waals surface area contributed by atoms with Crippen LogP contribution in [-0.2, 0) is 10.7 Å². The van der Waals surface area contributed by atoms with Gasteiger partial charge in [0.1, 0.15) is 0 Å². The molecule has 2 aromatic rings. The van der Waals surface area contributed by atoms with E-state index in [1.165, 1.54) is 18.2 Å². The van der Waals surface area contributed by atoms with Crippen molar-refractivity contribution < 1.29 is 13.6 Å². The van der Waals surface area contributed by atoms with E-state index < -0.39 is 5.92 Å². The second-order valence-electron chi connectivity index (χ2n) is 5.78. The molecule has 1 aliphatic heterocycles. The molecule has 118 valence electrons. The molecule has 0 saturated heterocycles. The molecule has 0 spiro atoms. The summed E-state index contributed by atoms with van der Waals surface area (Å²) < 4.78 is 27.2. The highest BCUT2D eigenvalue weighted by molar-refractivity contribution is 6.03. The average Bonchev–Trinajstić information content (AvgIpc) is 2.93. The van der Waals surface area contributed by atoms with Crippen LogP contribution in [0.5, 0.6) is 0 Å². The summed E-state index contributed by atoms with van der Waals surface area (Å²) in [4.78, 5) is 13.7. The first-order valence-electron chi connectivity index (χ1n) is 7.43. The summed E-state index contributed by atoms with van der Waals surface area (Å²) in [5, 5.41) is 0. The van der Waals surface area contributed by atoms with E-state index in [0.29, 0.717) is 6.54 Å². The number of amides is 1. The molecule has 0 N–H and O–H groups in total. The van der Waals surface area contributed by atoms with Crippen molar-refractivity contribution in [3.63, 3.8) is 0 Å². The molecule has 0 aromatic heterocycles. The molecule has 0 fully saturated rings. The van der Waals surface area contributed by atoms with Crippen molar-refractivity contribution in [3.05, 3.63) is 77.9 Å². The van der Waals surface area contributed by atoms with Crippen molar-refractivity contribution >= 4 is 11.6 Å². The summed E-state index contributed by atoms with van der Waals surface area (Å²) in [6, 6.07) is 14.0. The SMILES string of the molecule is C=CC(=O)N1CC(c2cccc(C(C)(F)F)c2)c2ccccc21. The van der Waals surface area contributed by atoms with Crippen LogP contribution in [0.15, 0.2) is 61.2 Å². The van der Waals surface area contributed by atoms with E-state index in [1.54, 1.807) is 11.0 Å². The molecule has 0 radical (unpaired) electrons. The Morgan fingerprint density at radius 1 is 1.26 bits per heavy atom. The molecule has 1 unspecified atom stereocenters. The van der Waals surface area contributed by atoms with Gasteiger partial charge in [-0.15, -0.1) is 0 Å². The maximum atomic E-state index is 13.6. The van der Waals surface area contributed by atoms with E-state index in [9.17, 15) is 13.6 Å². The molecule has 0 saturated carbocycles. The van der Waals surface area contributed by atoms with Gasteiger partial charge in [0.2, 0.25) is 5.91 Å². The van der Waals surface area contributed by atoms with Crippen molar-refractivity contribution in [2.24, 2.45) is 0 Å². The lowest BCUT2D eigenvalue weighted by Gasteiger charge is -2.17. The number of halogens is 2. The van der Waals surface area contributed by atoms with Gasteiger partial charge in [-0.05, 0) is 29.3 Å². The molecule has 4 heteroatoms. The van der Waals surface area contributed by atoms with Crippen LogP contribution in [-0.4, -0.2) is 12.5 Å². The number of hydrogen-bond donors (Lipinski definition) is 0. The fraction of sp³-hybridized carbons (Fsp3) is 0.211. The van der Waals surface area contributed by atoms with Crippen LogP contribution in [0.1, 0.15) is 29.5 Å². The zero-order chi connectivity index (χ0) is 16.6. The van der Waals surface area contributed by atoms with Gasteiger partial charge in [-0.25, -0.2) is 8.78 Å². The van der Waals surface area contributed by atoms with Crippen LogP contribution in [0.2, 0.25) is 0 Å². The second kappa shape index (κ2) is 5.61. The van der Waals surface area contributed by atoms with Gasteiger partial charge in [-0.1, -0.05) is 43.0 Å². The number of alkyl halides is 2. The fourth-order valence-corrected chi connectivity index (χ4v) is 3.04. The second-order valence-corrected chi connectivity index (χ2v) is 5.78. The largest absolute Gasteiger partial charge is 0.308 e. The van der Waals surface area contributed by atoms with Gasteiger partial charge in [0, 0.05) is 30.6 Å². The first-order chi connectivity index (χ1) is 10.9. The number of carbonyl (C=O) groups is 1. The van der Waals surface area contributed by atoms with E-state index >= 15 is 0 Å². The lowest BCUT2D eigenvalue weighted by molar-refractivity contribution is -0.114. The fourth-order valence-electron chi connectivity index (χ4n) is 3.04. The summed E-state index contributed by atoms with van der Waals surface area (Å²) in [7, 11) is 0. The average molecular weight is 313 g/mol. The van der Waals surface area contributed by atoms with Crippen molar-refractivity contribution in [2.45, 2.75) is 18.8 Å². The van der Waals surface area contributed by atoms with Gasteiger partial charge >= 0.3 is 0 Å². The van der Waals surface area contributed by atoms with Crippen molar-refractivity contribution in [2.75, 3.05) is 11.4 Å². The molecular weight excluding hydrogens is 296 g/mol. The van der Waals surface area contributed by atoms with Gasteiger partial charge in [0.05, 0.1) is 0 Å². The monoisotopic (exact) mass is 313 g/mol. The lowest BCUT2D eigenvalue weighted by atomic mass is 9.91. The van der Waals surface area contributed by atoms with Crippen molar-refractivity contribution in [1.29, 1.82) is 0 Å². The zero-order valence-electron chi connectivity index (χ0n) is 12.8. The van der Waals surface area contributed by atoms with Crippen LogP contribution >= 0.6 is 0 Å². The molecule has 1 atom stereocenters. The minimum absolute atomic E-state index is 0.0130. The Morgan fingerprint density at radius 3 is 2.70 bits per heavy atom. The molecule has 0 aliphatic carbocycles. The highest BCUT2D eigenvalue weighted by Gasteiger charge is 2.33. The maximum absolute atomic E-state index is 13.6. The molecule has 0 bridgehead atoms. The van der Waals surface area contributed by atoms with Gasteiger partial charge in [-0.3, -0.25) is 4.79 Å². The zero-order valence-corrected chi connectivity index (χ0v) is 12.8. The first kappa shape index (κ1) is 15.4. The summed E-state index contributed by atoms with van der Waals surface area (Å²) in [5.41, 5.74) is 2.56. The topological polar surface area (TPSA) is 20.3 Å². The van der Waals surface area contributed by atoms with Crippen LogP contribution in [0, 0.1) is 0 Å². The maximum Gasteiger partial charge on any atom is 0.270 e. The summed E-state index contributed by atoms with van der Waals surface area (Å²) in [5.74, 6) is -3.18. The predicted octanol–water partition coefficient (Wildman–Crippen LogP) is 4.46. The van der Waals surface area contributed by atoms with Crippen molar-refractivity contribution in [3.8, 4) is 0 Å². The van der Waals surface area contributed by atoms with Crippen LogP contribution in [0.3, 0.4) is 0 Å². The number of carbonyl (C=O) groups excluding carboxylic acids is 1. The highest BCUT2D eigenvalue weighted by Crippen LogP contribution is 2.41. The molecule has 1 aliphatic rings. The van der Waals surface area contributed by atoms with Crippen LogP contribution in [0.25, 0.3) is 0 Å². The van der Waals surface area contributed by atoms with Gasteiger partial charge in [-0.2, -0.15) is 0 Å². The summed E-state index contributed by atoms with van der Waals surface area (Å²) in [6.45, 7) is 4.86. The smallest absolute Gasteiger partial charge is 0.270 e. The quantitative estimate of drug-likeness (QED) is 0.766. The molecule has 1 heterocycles. The Labute approximate surface area is 134 Å². The van der Waals surface area contributed by atoms with E-state index in [0.717, 1.165) is 23.7 Å². The third kappa shape index (κ3) is 2.77.